The average molecular weight is 184 g/mol. The van der Waals surface area contributed by atoms with E-state index in [4.69, 9.17) is 0 Å². The Hall–Kier alpha value is 1.02. The zero-order valence-electron chi connectivity index (χ0n) is 2.79. The van der Waals surface area contributed by atoms with Crippen LogP contribution in [0.15, 0.2) is 0 Å². The van der Waals surface area contributed by atoms with Gasteiger partial charge in [-0.2, -0.15) is 0 Å². The molecule has 0 spiro atoms. The van der Waals surface area contributed by atoms with E-state index in [0.717, 1.165) is 16.5 Å². The van der Waals surface area contributed by atoms with Crippen LogP contribution in [0.4, 0.5) is 0 Å². The first-order chi connectivity index (χ1) is 1.91. The van der Waals surface area contributed by atoms with Crippen LogP contribution < -0.4 is 0 Å². The summed E-state index contributed by atoms with van der Waals surface area (Å²) in [5, 5.41) is 2.64. The fourth-order valence-corrected chi connectivity index (χ4v) is 0. The van der Waals surface area contributed by atoms with E-state index in [0.29, 0.717) is 0 Å². The summed E-state index contributed by atoms with van der Waals surface area (Å²) >= 11 is 4.36. The zero-order chi connectivity index (χ0) is 3.41. The summed E-state index contributed by atoms with van der Waals surface area (Å²) in [5.41, 5.74) is 0. The molecule has 0 aromatic rings. The van der Waals surface area contributed by atoms with Crippen molar-refractivity contribution in [2.75, 3.05) is 5.33 Å². The topological polar surface area (TPSA) is 0 Å². The minimum absolute atomic E-state index is 1.07. The molecule has 26 valence electrons. The SMILES string of the molecule is [GeH3][CH2]CBr. The van der Waals surface area contributed by atoms with Crippen molar-refractivity contribution >= 4 is 32.4 Å². The predicted molar refractivity (Wildman–Crippen MR) is 28.5 cm³/mol. The summed E-state index contributed by atoms with van der Waals surface area (Å²) in [6, 6.07) is 0. The molecule has 0 fully saturated rings. The molecule has 0 unspecified atom stereocenters. The van der Waals surface area contributed by atoms with Crippen molar-refractivity contribution < 1.29 is 0 Å². The summed E-state index contributed by atoms with van der Waals surface area (Å²) in [6.45, 7) is 0. The molecule has 0 rings (SSSR count). The third-order valence-electron chi connectivity index (χ3n) is 0.189. The van der Waals surface area contributed by atoms with Gasteiger partial charge in [-0.05, 0) is 0 Å². The molecule has 0 radical (unpaired) electrons. The molecule has 0 amide bonds. The number of halogens is 1. The Morgan fingerprint density at radius 3 is 2.00 bits per heavy atom. The Morgan fingerprint density at radius 2 is 2.00 bits per heavy atom. The first kappa shape index (κ1) is 5.02. The molecular weight excluding hydrogens is 177 g/mol. The monoisotopic (exact) mass is 184 g/mol. The summed E-state index contributed by atoms with van der Waals surface area (Å²) in [6.07, 6.45) is 0. The number of hydrogen-bond donors (Lipinski definition) is 0. The Balaban J connectivity index is 1.97. The second-order valence-electron chi connectivity index (χ2n) is 0.689. The van der Waals surface area contributed by atoms with Gasteiger partial charge < -0.3 is 0 Å². The predicted octanol–water partition coefficient (Wildman–Crippen LogP) is 0.165. The van der Waals surface area contributed by atoms with Gasteiger partial charge in [-0.3, -0.25) is 0 Å². The summed E-state index contributed by atoms with van der Waals surface area (Å²) in [4.78, 5) is 0. The summed E-state index contributed by atoms with van der Waals surface area (Å²) < 4.78 is 0. The molecule has 0 saturated heterocycles. The van der Waals surface area contributed by atoms with Gasteiger partial charge in [0.1, 0.15) is 0 Å². The van der Waals surface area contributed by atoms with Gasteiger partial charge in [0.2, 0.25) is 0 Å². The van der Waals surface area contributed by atoms with E-state index in [1.54, 1.807) is 0 Å². The van der Waals surface area contributed by atoms with Gasteiger partial charge in [0.05, 0.1) is 0 Å². The zero-order valence-corrected chi connectivity index (χ0v) is 8.57. The molecule has 2 heteroatoms. The molecule has 0 aliphatic rings. The van der Waals surface area contributed by atoms with Gasteiger partial charge in [0, 0.05) is 0 Å². The Kier molecular flexibility index (Phi) is 5.05. The van der Waals surface area contributed by atoms with Crippen LogP contribution in [0.1, 0.15) is 0 Å². The quantitative estimate of drug-likeness (QED) is 0.402. The number of rotatable bonds is 1. The van der Waals surface area contributed by atoms with Crippen molar-refractivity contribution in [1.29, 1.82) is 0 Å². The second kappa shape index (κ2) is 4.02. The van der Waals surface area contributed by atoms with Gasteiger partial charge in [-0.15, -0.1) is 0 Å². The molecule has 0 aromatic carbocycles. The van der Waals surface area contributed by atoms with Gasteiger partial charge >= 0.3 is 43.0 Å². The minimum atomic E-state index is 1.07. The Bertz CT molecular complexity index is 8.00. The van der Waals surface area contributed by atoms with Crippen LogP contribution in [0.3, 0.4) is 0 Å². The normalized spacial score (nSPS) is 8.25. The molecule has 0 nitrogen and oxygen atoms in total. The maximum absolute atomic E-state index is 3.30. The molecule has 0 saturated carbocycles. The standard InChI is InChI=1S/C2H7BrGe/c3-1-2-4/h1-2H2,4H3. The van der Waals surface area contributed by atoms with Crippen LogP contribution in [0.5, 0.6) is 0 Å². The Morgan fingerprint density at radius 1 is 1.75 bits per heavy atom. The molecule has 0 aliphatic heterocycles. The summed E-state index contributed by atoms with van der Waals surface area (Å²) in [7, 11) is 0. The third-order valence-corrected chi connectivity index (χ3v) is 5.10. The molecule has 0 N–H and O–H groups in total. The van der Waals surface area contributed by atoms with Crippen LogP contribution in [0.2, 0.25) is 5.25 Å². The Labute approximate surface area is 43.3 Å². The van der Waals surface area contributed by atoms with Crippen LogP contribution in [0, 0.1) is 0 Å². The van der Waals surface area contributed by atoms with Crippen molar-refractivity contribution in [2.45, 2.75) is 5.25 Å². The van der Waals surface area contributed by atoms with Gasteiger partial charge in [-0.25, -0.2) is 0 Å². The van der Waals surface area contributed by atoms with E-state index in [9.17, 15) is 0 Å². The van der Waals surface area contributed by atoms with Crippen LogP contribution in [-0.4, -0.2) is 21.8 Å². The first-order valence-corrected chi connectivity index (χ1v) is 5.56. The van der Waals surface area contributed by atoms with E-state index in [1.807, 2.05) is 0 Å². The van der Waals surface area contributed by atoms with Crippen molar-refractivity contribution in [3.05, 3.63) is 0 Å². The molecule has 0 atom stereocenters. The van der Waals surface area contributed by atoms with Crippen molar-refractivity contribution in [1.82, 2.24) is 0 Å². The van der Waals surface area contributed by atoms with Crippen molar-refractivity contribution in [3.63, 3.8) is 0 Å². The maximum atomic E-state index is 3.30. The number of alkyl halides is 1. The third kappa shape index (κ3) is 3.02. The molecule has 0 heterocycles. The summed E-state index contributed by atoms with van der Waals surface area (Å²) in [5.74, 6) is 0. The van der Waals surface area contributed by atoms with E-state index >= 15 is 0 Å². The fraction of sp³-hybridized carbons (Fsp3) is 1.00. The first-order valence-electron chi connectivity index (χ1n) is 1.47. The molecule has 0 aromatic heterocycles. The molecule has 0 bridgehead atoms. The molecule has 4 heavy (non-hydrogen) atoms. The van der Waals surface area contributed by atoms with Crippen LogP contribution in [-0.2, 0) is 0 Å². The molecule has 0 aliphatic carbocycles. The van der Waals surface area contributed by atoms with Gasteiger partial charge in [-0.1, -0.05) is 0 Å². The van der Waals surface area contributed by atoms with Crippen molar-refractivity contribution in [3.8, 4) is 0 Å². The van der Waals surface area contributed by atoms with Gasteiger partial charge in [0.15, 0.2) is 0 Å². The van der Waals surface area contributed by atoms with E-state index in [-0.39, 0.29) is 0 Å². The van der Waals surface area contributed by atoms with Crippen LogP contribution in [0.25, 0.3) is 0 Å². The second-order valence-corrected chi connectivity index (χ2v) is 3.58. The fourth-order valence-electron chi connectivity index (χ4n) is 0. The van der Waals surface area contributed by atoms with Crippen molar-refractivity contribution in [2.24, 2.45) is 0 Å². The van der Waals surface area contributed by atoms with E-state index in [2.05, 4.69) is 15.9 Å². The van der Waals surface area contributed by atoms with E-state index < -0.39 is 0 Å². The van der Waals surface area contributed by atoms with Gasteiger partial charge in [0.25, 0.3) is 0 Å². The average Bonchev–Trinajstić information content (AvgIpc) is 1.37. The number of hydrogen-bond acceptors (Lipinski definition) is 0. The van der Waals surface area contributed by atoms with E-state index in [1.165, 1.54) is 10.6 Å². The molecular formula is C2H7BrGe. The van der Waals surface area contributed by atoms with Crippen LogP contribution >= 0.6 is 15.9 Å².